The first-order valence-corrected chi connectivity index (χ1v) is 12.5. The average molecular weight is 672 g/mol. The molecule has 40 heavy (non-hydrogen) atoms. The third-order valence-corrected chi connectivity index (χ3v) is 5.68. The number of hydrogen-bond donors (Lipinski definition) is 3. The Morgan fingerprint density at radius 3 is 2.35 bits per heavy atom. The van der Waals surface area contributed by atoms with Crippen LogP contribution in [0.5, 0.6) is 11.5 Å². The number of nitrogens with zero attached hydrogens (tertiary/aromatic N) is 1. The summed E-state index contributed by atoms with van der Waals surface area (Å²) < 4.78 is 64.1. The van der Waals surface area contributed by atoms with E-state index in [1.54, 1.807) is 13.0 Å². The highest BCUT2D eigenvalue weighted by molar-refractivity contribution is 14.1. The Kier molecular flexibility index (Phi) is 10.4. The molecule has 14 heteroatoms. The second-order valence-corrected chi connectivity index (χ2v) is 8.97. The Morgan fingerprint density at radius 2 is 1.68 bits per heavy atom. The van der Waals surface area contributed by atoms with Crippen LogP contribution in [0.2, 0.25) is 0 Å². The predicted molar refractivity (Wildman–Crippen MR) is 147 cm³/mol. The molecule has 0 bridgehead atoms. The largest absolute Gasteiger partial charge is 0.490 e. The van der Waals surface area contributed by atoms with E-state index in [2.05, 4.69) is 21.2 Å². The smallest absolute Gasteiger partial charge is 0.418 e. The summed E-state index contributed by atoms with van der Waals surface area (Å²) in [6, 6.07) is 12.4. The van der Waals surface area contributed by atoms with Crippen LogP contribution in [0, 0.1) is 9.39 Å². The van der Waals surface area contributed by atoms with Gasteiger partial charge >= 0.3 is 18.0 Å². The summed E-state index contributed by atoms with van der Waals surface area (Å²) in [5.74, 6) is -3.03. The fourth-order valence-electron chi connectivity index (χ4n) is 3.17. The van der Waals surface area contributed by atoms with Gasteiger partial charge in [0, 0.05) is 5.69 Å². The zero-order valence-electron chi connectivity index (χ0n) is 20.6. The summed E-state index contributed by atoms with van der Waals surface area (Å²) >= 11 is 1.90. The molecule has 0 aliphatic carbocycles. The molecule has 3 rings (SSSR count). The first-order chi connectivity index (χ1) is 19.0. The van der Waals surface area contributed by atoms with Gasteiger partial charge in [-0.15, -0.1) is 0 Å². The van der Waals surface area contributed by atoms with Crippen molar-refractivity contribution < 1.29 is 41.4 Å². The van der Waals surface area contributed by atoms with E-state index in [1.165, 1.54) is 36.5 Å². The third kappa shape index (κ3) is 8.65. The topological polar surface area (TPSA) is 118 Å². The van der Waals surface area contributed by atoms with Crippen LogP contribution in [0.25, 0.3) is 0 Å². The van der Waals surface area contributed by atoms with Crippen LogP contribution in [0.4, 0.5) is 28.9 Å². The molecule has 0 aliphatic rings. The lowest BCUT2D eigenvalue weighted by atomic mass is 10.1. The Morgan fingerprint density at radius 1 is 0.975 bits per heavy atom. The van der Waals surface area contributed by atoms with Gasteiger partial charge in [-0.05, 0) is 83.6 Å². The van der Waals surface area contributed by atoms with Gasteiger partial charge in [0.05, 0.1) is 27.6 Å². The van der Waals surface area contributed by atoms with Crippen LogP contribution in [0.15, 0.2) is 65.8 Å². The SMILES string of the molecule is CCOc1cc(/C=N\NC(=O)C(=O)Nc2ccc(F)cc2)cc(I)c1OCC(=O)Nc1ccccc1C(F)(F)F. The van der Waals surface area contributed by atoms with Crippen LogP contribution in [-0.2, 0) is 20.6 Å². The van der Waals surface area contributed by atoms with Gasteiger partial charge in [-0.2, -0.15) is 18.3 Å². The van der Waals surface area contributed by atoms with Crippen molar-refractivity contribution in [3.8, 4) is 11.5 Å². The molecule has 3 aromatic carbocycles. The lowest BCUT2D eigenvalue weighted by Crippen LogP contribution is -2.32. The molecular formula is C26H21F4IN4O5. The van der Waals surface area contributed by atoms with Crippen molar-refractivity contribution >= 4 is 57.9 Å². The van der Waals surface area contributed by atoms with E-state index in [4.69, 9.17) is 9.47 Å². The molecule has 210 valence electrons. The number of alkyl halides is 3. The van der Waals surface area contributed by atoms with Crippen molar-refractivity contribution in [2.24, 2.45) is 5.10 Å². The Hall–Kier alpha value is -4.21. The van der Waals surface area contributed by atoms with Crippen molar-refractivity contribution in [2.75, 3.05) is 23.8 Å². The normalized spacial score (nSPS) is 11.2. The number of carbonyl (C=O) groups is 3. The van der Waals surface area contributed by atoms with Crippen molar-refractivity contribution in [1.29, 1.82) is 0 Å². The molecule has 0 unspecified atom stereocenters. The number of para-hydroxylation sites is 1. The monoisotopic (exact) mass is 672 g/mol. The van der Waals surface area contributed by atoms with E-state index in [-0.39, 0.29) is 23.8 Å². The molecule has 0 spiro atoms. The van der Waals surface area contributed by atoms with E-state index in [9.17, 15) is 31.9 Å². The molecule has 0 fully saturated rings. The Balaban J connectivity index is 1.64. The van der Waals surface area contributed by atoms with Gasteiger partial charge in [-0.1, -0.05) is 12.1 Å². The number of hydrogen-bond acceptors (Lipinski definition) is 6. The molecule has 3 N–H and O–H groups in total. The summed E-state index contributed by atoms with van der Waals surface area (Å²) in [4.78, 5) is 36.3. The van der Waals surface area contributed by atoms with E-state index >= 15 is 0 Å². The standard InChI is InChI=1S/C26H21F4IN4O5/c1-2-39-21-12-15(13-32-35-25(38)24(37)33-17-9-7-16(27)8-10-17)11-19(31)23(21)40-14-22(36)34-20-6-4-3-5-18(20)26(28,29)30/h3-13H,2,14H2,1H3,(H,33,37)(H,34,36)(H,35,38)/b32-13-. The highest BCUT2D eigenvalue weighted by Crippen LogP contribution is 2.35. The summed E-state index contributed by atoms with van der Waals surface area (Å²) in [5, 5.41) is 8.23. The van der Waals surface area contributed by atoms with Gasteiger partial charge in [0.2, 0.25) is 0 Å². The first-order valence-electron chi connectivity index (χ1n) is 11.4. The minimum absolute atomic E-state index is 0.168. The number of benzene rings is 3. The average Bonchev–Trinajstić information content (AvgIpc) is 2.89. The van der Waals surface area contributed by atoms with Crippen LogP contribution < -0.4 is 25.5 Å². The summed E-state index contributed by atoms with van der Waals surface area (Å²) in [6.07, 6.45) is -3.41. The van der Waals surface area contributed by atoms with Crippen molar-refractivity contribution in [3.05, 3.63) is 81.2 Å². The van der Waals surface area contributed by atoms with Crippen LogP contribution in [-0.4, -0.2) is 37.1 Å². The first kappa shape index (κ1) is 30.3. The number of anilines is 2. The molecule has 0 aliphatic heterocycles. The molecule has 9 nitrogen and oxygen atoms in total. The second kappa shape index (κ2) is 13.7. The van der Waals surface area contributed by atoms with Crippen molar-refractivity contribution in [3.63, 3.8) is 0 Å². The number of hydrazone groups is 1. The van der Waals surface area contributed by atoms with Gasteiger partial charge in [0.15, 0.2) is 18.1 Å². The van der Waals surface area contributed by atoms with Gasteiger partial charge < -0.3 is 20.1 Å². The van der Waals surface area contributed by atoms with Gasteiger partial charge in [0.25, 0.3) is 5.91 Å². The summed E-state index contributed by atoms with van der Waals surface area (Å²) in [5.41, 5.74) is 1.33. The van der Waals surface area contributed by atoms with Crippen LogP contribution >= 0.6 is 22.6 Å². The number of rotatable bonds is 9. The summed E-state index contributed by atoms with van der Waals surface area (Å²) in [6.45, 7) is 1.32. The highest BCUT2D eigenvalue weighted by atomic mass is 127. The third-order valence-electron chi connectivity index (χ3n) is 4.87. The second-order valence-electron chi connectivity index (χ2n) is 7.80. The number of amides is 3. The zero-order chi connectivity index (χ0) is 29.3. The fraction of sp³-hybridized carbons (Fsp3) is 0.154. The van der Waals surface area contributed by atoms with Gasteiger partial charge in [-0.25, -0.2) is 9.82 Å². The number of carbonyl (C=O) groups excluding carboxylic acids is 3. The maximum Gasteiger partial charge on any atom is 0.418 e. The zero-order valence-corrected chi connectivity index (χ0v) is 22.8. The molecule has 0 atom stereocenters. The molecule has 0 radical (unpaired) electrons. The van der Waals surface area contributed by atoms with E-state index in [1.807, 2.05) is 22.6 Å². The number of halogens is 5. The molecular weight excluding hydrogens is 651 g/mol. The molecule has 0 heterocycles. The van der Waals surface area contributed by atoms with E-state index in [0.717, 1.165) is 24.3 Å². The highest BCUT2D eigenvalue weighted by Gasteiger charge is 2.33. The lowest BCUT2D eigenvalue weighted by Gasteiger charge is -2.16. The molecule has 0 aromatic heterocycles. The van der Waals surface area contributed by atoms with Gasteiger partial charge in [-0.3, -0.25) is 14.4 Å². The number of nitrogens with one attached hydrogen (secondary N) is 3. The minimum atomic E-state index is -4.65. The van der Waals surface area contributed by atoms with Crippen LogP contribution in [0.1, 0.15) is 18.1 Å². The number of ether oxygens (including phenoxy) is 2. The Labute approximate surface area is 239 Å². The van der Waals surface area contributed by atoms with Gasteiger partial charge in [0.1, 0.15) is 5.82 Å². The van der Waals surface area contributed by atoms with Crippen molar-refractivity contribution in [1.82, 2.24) is 5.43 Å². The van der Waals surface area contributed by atoms with E-state index < -0.39 is 47.6 Å². The minimum Gasteiger partial charge on any atom is -0.490 e. The molecule has 0 saturated heterocycles. The molecule has 3 aromatic rings. The predicted octanol–water partition coefficient (Wildman–Crippen LogP) is 4.95. The molecule has 3 amide bonds. The van der Waals surface area contributed by atoms with E-state index in [0.29, 0.717) is 9.13 Å². The lowest BCUT2D eigenvalue weighted by molar-refractivity contribution is -0.137. The molecule has 0 saturated carbocycles. The maximum atomic E-state index is 13.2. The Bertz CT molecular complexity index is 1420. The maximum absolute atomic E-state index is 13.2. The van der Waals surface area contributed by atoms with Crippen molar-refractivity contribution in [2.45, 2.75) is 13.1 Å². The quantitative estimate of drug-likeness (QED) is 0.0978. The summed E-state index contributed by atoms with van der Waals surface area (Å²) in [7, 11) is 0. The fourth-order valence-corrected chi connectivity index (χ4v) is 3.95. The van der Waals surface area contributed by atoms with Crippen LogP contribution in [0.3, 0.4) is 0 Å².